The Morgan fingerprint density at radius 2 is 1.07 bits per heavy atom. The van der Waals surface area contributed by atoms with E-state index < -0.39 is 17.4 Å². The number of thiophene rings is 6. The van der Waals surface area contributed by atoms with Gasteiger partial charge in [0.1, 0.15) is 59.0 Å². The van der Waals surface area contributed by atoms with Gasteiger partial charge in [-0.25, -0.2) is 9.98 Å². The fourth-order valence-corrected chi connectivity index (χ4v) is 15.3. The molecule has 0 unspecified atom stereocenters. The van der Waals surface area contributed by atoms with E-state index in [1.807, 2.05) is 105 Å². The van der Waals surface area contributed by atoms with Crippen LogP contribution in [0.3, 0.4) is 0 Å². The monoisotopic (exact) mass is 992 g/mol. The topological polar surface area (TPSA) is 191 Å². The Bertz CT molecular complexity index is 3370. The van der Waals surface area contributed by atoms with Crippen LogP contribution in [0.5, 0.6) is 11.5 Å². The van der Waals surface area contributed by atoms with Crippen LogP contribution >= 0.6 is 68.0 Å². The van der Waals surface area contributed by atoms with E-state index in [0.29, 0.717) is 66.9 Å². The largest absolute Gasteiger partial charge is 0.492 e. The highest BCUT2D eigenvalue weighted by Crippen LogP contribution is 2.64. The minimum Gasteiger partial charge on any atom is -0.492 e. The van der Waals surface area contributed by atoms with Gasteiger partial charge in [0.2, 0.25) is 16.8 Å². The summed E-state index contributed by atoms with van der Waals surface area (Å²) in [5, 5.41) is 38.7. The SMILES string of the molecule is CCCOc1cc(N=C(C#N)C#N)sc1-c1cc2c(s1)-c1sc3c(sc4cc(-c5sc(N=C(C#N)C#N)cc5OCCC)sc43)c1C2(C(=O)OCc1ccccc1)C(=O)OCc1ccccc1. The molecule has 2 aromatic carbocycles. The van der Waals surface area contributed by atoms with E-state index in [2.05, 4.69) is 16.1 Å². The van der Waals surface area contributed by atoms with Gasteiger partial charge in [-0.1, -0.05) is 74.5 Å². The first-order valence-electron chi connectivity index (χ1n) is 20.6. The highest BCUT2D eigenvalue weighted by molar-refractivity contribution is 7.41. The van der Waals surface area contributed by atoms with Crippen molar-refractivity contribution in [2.45, 2.75) is 45.3 Å². The van der Waals surface area contributed by atoms with E-state index in [-0.39, 0.29) is 24.6 Å². The van der Waals surface area contributed by atoms with Gasteiger partial charge >= 0.3 is 11.9 Å². The third-order valence-corrected chi connectivity index (χ3v) is 17.9. The molecule has 1 aliphatic carbocycles. The Hall–Kier alpha value is -7.00. The van der Waals surface area contributed by atoms with Crippen LogP contribution in [0.1, 0.15) is 48.9 Å². The average molecular weight is 993 g/mol. The van der Waals surface area contributed by atoms with E-state index in [9.17, 15) is 21.0 Å². The van der Waals surface area contributed by atoms with Crippen molar-refractivity contribution in [2.24, 2.45) is 9.98 Å². The molecule has 0 saturated heterocycles. The first kappa shape index (κ1) is 45.2. The lowest BCUT2D eigenvalue weighted by molar-refractivity contribution is -0.164. The second-order valence-electron chi connectivity index (χ2n) is 14.7. The standard InChI is InChI=1S/C49H32N6O6S6/c1-3-15-58-32-18-37(54-29(21-50)22-51)65-41(32)34-17-31-40(62-34)44-39(49(31,47(56)60-25-27-11-7-5-8-12-27)48(57)61-26-28-13-9-6-10-14-28)45-46(67-44)43-36(64-45)20-35(63-43)42-33(59-16-4-2)19-38(66-42)55-30(23-52)24-53/h5-14,17-20H,3-4,15-16,25-26H2,1-2H3. The van der Waals surface area contributed by atoms with Crippen LogP contribution in [-0.4, -0.2) is 36.6 Å². The molecule has 0 atom stereocenters. The number of nitrogens with zero attached hydrogens (tertiary/aromatic N) is 6. The Kier molecular flexibility index (Phi) is 13.1. The van der Waals surface area contributed by atoms with Crippen molar-refractivity contribution in [3.05, 3.63) is 107 Å². The molecular formula is C49H32N6O6S6. The predicted octanol–water partition coefficient (Wildman–Crippen LogP) is 13.3. The normalized spacial score (nSPS) is 12.0. The van der Waals surface area contributed by atoms with Crippen LogP contribution in [0.15, 0.2) is 94.9 Å². The number of rotatable bonds is 16. The summed E-state index contributed by atoms with van der Waals surface area (Å²) in [7, 11) is 0. The Morgan fingerprint density at radius 3 is 1.57 bits per heavy atom. The minimum atomic E-state index is -2.05. The van der Waals surface area contributed by atoms with Gasteiger partial charge < -0.3 is 18.9 Å². The zero-order valence-electron chi connectivity index (χ0n) is 35.4. The van der Waals surface area contributed by atoms with Crippen molar-refractivity contribution in [3.8, 4) is 65.0 Å². The first-order chi connectivity index (χ1) is 32.7. The maximum absolute atomic E-state index is 15.4. The van der Waals surface area contributed by atoms with Gasteiger partial charge in [-0.3, -0.25) is 9.59 Å². The number of hydrogen-bond donors (Lipinski definition) is 0. The zero-order chi connectivity index (χ0) is 46.7. The van der Waals surface area contributed by atoms with Gasteiger partial charge in [-0.05, 0) is 36.1 Å². The third kappa shape index (κ3) is 8.41. The zero-order valence-corrected chi connectivity index (χ0v) is 40.3. The molecule has 9 rings (SSSR count). The first-order valence-corrected chi connectivity index (χ1v) is 25.5. The number of esters is 2. The molecule has 0 saturated carbocycles. The molecule has 1 aliphatic rings. The summed E-state index contributed by atoms with van der Waals surface area (Å²) in [4.78, 5) is 43.8. The number of fused-ring (bicyclic) bond motifs is 7. The van der Waals surface area contributed by atoms with Gasteiger partial charge in [0.15, 0.2) is 0 Å². The highest BCUT2D eigenvalue weighted by atomic mass is 32.1. The molecule has 12 nitrogen and oxygen atoms in total. The molecular weight excluding hydrogens is 961 g/mol. The molecule has 0 radical (unpaired) electrons. The molecule has 6 aromatic heterocycles. The highest BCUT2D eigenvalue weighted by Gasteiger charge is 2.61. The molecule has 0 spiro atoms. The van der Waals surface area contributed by atoms with Gasteiger partial charge in [-0.15, -0.1) is 68.0 Å². The van der Waals surface area contributed by atoms with Crippen LogP contribution in [0.2, 0.25) is 0 Å². The van der Waals surface area contributed by atoms with Crippen LogP contribution in [-0.2, 0) is 37.7 Å². The number of aliphatic imine (C=N–C) groups is 2. The van der Waals surface area contributed by atoms with Crippen LogP contribution in [0.25, 0.3) is 48.1 Å². The van der Waals surface area contributed by atoms with Crippen LogP contribution in [0.4, 0.5) is 10.0 Å². The number of ether oxygens (including phenoxy) is 4. The van der Waals surface area contributed by atoms with Crippen LogP contribution in [0, 0.1) is 45.3 Å². The average Bonchev–Trinajstić information content (AvgIpc) is 4.23. The lowest BCUT2D eigenvalue weighted by Gasteiger charge is -2.26. The van der Waals surface area contributed by atoms with Crippen molar-refractivity contribution < 1.29 is 28.5 Å². The van der Waals surface area contributed by atoms with E-state index in [1.165, 1.54) is 56.7 Å². The maximum atomic E-state index is 15.4. The molecule has 8 aromatic rings. The van der Waals surface area contributed by atoms with E-state index in [1.54, 1.807) is 23.5 Å². The summed E-state index contributed by atoms with van der Waals surface area (Å²) in [6.07, 6.45) is 1.48. The second-order valence-corrected chi connectivity index (χ2v) is 21.0. The van der Waals surface area contributed by atoms with Crippen LogP contribution < -0.4 is 9.47 Å². The summed E-state index contributed by atoms with van der Waals surface area (Å²) in [6.45, 7) is 4.65. The second kappa shape index (κ2) is 19.5. The van der Waals surface area contributed by atoms with Crippen molar-refractivity contribution in [1.82, 2.24) is 0 Å². The van der Waals surface area contributed by atoms with E-state index >= 15 is 9.59 Å². The lowest BCUT2D eigenvalue weighted by Crippen LogP contribution is -2.45. The summed E-state index contributed by atoms with van der Waals surface area (Å²) in [5.74, 6) is -0.467. The molecule has 0 fully saturated rings. The maximum Gasteiger partial charge on any atom is 0.333 e. The number of nitriles is 4. The molecule has 330 valence electrons. The summed E-state index contributed by atoms with van der Waals surface area (Å²) in [5.41, 5.74) is -0.183. The fraction of sp³-hybridized carbons (Fsp3) is 0.184. The molecule has 0 N–H and O–H groups in total. The minimum absolute atomic E-state index is 0.0911. The van der Waals surface area contributed by atoms with E-state index in [0.717, 1.165) is 51.0 Å². The summed E-state index contributed by atoms with van der Waals surface area (Å²) < 4.78 is 28.3. The molecule has 0 bridgehead atoms. The van der Waals surface area contributed by atoms with Crippen molar-refractivity contribution >= 4 is 120 Å². The predicted molar refractivity (Wildman–Crippen MR) is 266 cm³/mol. The van der Waals surface area contributed by atoms with Crippen molar-refractivity contribution in [2.75, 3.05) is 13.2 Å². The van der Waals surface area contributed by atoms with Gasteiger partial charge in [0.05, 0.1) is 51.7 Å². The van der Waals surface area contributed by atoms with Crippen molar-refractivity contribution in [3.63, 3.8) is 0 Å². The molecule has 0 amide bonds. The number of carbonyl (C=O) groups excluding carboxylic acids is 2. The van der Waals surface area contributed by atoms with Gasteiger partial charge in [0, 0.05) is 32.8 Å². The molecule has 67 heavy (non-hydrogen) atoms. The summed E-state index contributed by atoms with van der Waals surface area (Å²) >= 11 is 8.48. The quantitative estimate of drug-likeness (QED) is 0.0511. The molecule has 0 aliphatic heterocycles. The Balaban J connectivity index is 1.25. The number of benzene rings is 2. The number of carbonyl (C=O) groups is 2. The fourth-order valence-electron chi connectivity index (χ4n) is 7.44. The summed E-state index contributed by atoms with van der Waals surface area (Å²) in [6, 6.07) is 33.2. The van der Waals surface area contributed by atoms with Gasteiger partial charge in [-0.2, -0.15) is 21.0 Å². The smallest absolute Gasteiger partial charge is 0.333 e. The Morgan fingerprint density at radius 1 is 0.567 bits per heavy atom. The third-order valence-electron chi connectivity index (χ3n) is 10.3. The lowest BCUT2D eigenvalue weighted by atomic mass is 9.79. The van der Waals surface area contributed by atoms with Crippen molar-refractivity contribution in [1.29, 1.82) is 21.0 Å². The Labute approximate surface area is 407 Å². The van der Waals surface area contributed by atoms with E-state index in [4.69, 9.17) is 18.9 Å². The van der Waals surface area contributed by atoms with Gasteiger partial charge in [0.25, 0.3) is 0 Å². The molecule has 18 heteroatoms. The number of hydrogen-bond acceptors (Lipinski definition) is 18. The molecule has 6 heterocycles.